The lowest BCUT2D eigenvalue weighted by Gasteiger charge is -2.21. The fraction of sp³-hybridized carbons (Fsp3) is 0.500. The summed E-state index contributed by atoms with van der Waals surface area (Å²) in [5.41, 5.74) is -0.555. The van der Waals surface area contributed by atoms with Crippen molar-refractivity contribution in [2.45, 2.75) is 38.8 Å². The Morgan fingerprint density at radius 1 is 1.59 bits per heavy atom. The lowest BCUT2D eigenvalue weighted by molar-refractivity contribution is -0.109. The smallest absolute Gasteiger partial charge is 0.408 e. The second kappa shape index (κ2) is 5.82. The van der Waals surface area contributed by atoms with Gasteiger partial charge in [-0.1, -0.05) is 6.07 Å². The molecular weight excluding hydrogens is 238 g/mol. The number of aldehydes is 1. The second-order valence-electron chi connectivity index (χ2n) is 4.67. The highest BCUT2D eigenvalue weighted by atomic mass is 32.1. The van der Waals surface area contributed by atoms with Gasteiger partial charge in [-0.3, -0.25) is 0 Å². The van der Waals surface area contributed by atoms with Crippen molar-refractivity contribution in [3.05, 3.63) is 22.4 Å². The highest BCUT2D eigenvalue weighted by molar-refractivity contribution is 7.09. The summed E-state index contributed by atoms with van der Waals surface area (Å²) < 4.78 is 5.08. The van der Waals surface area contributed by atoms with Crippen LogP contribution in [0.25, 0.3) is 0 Å². The lowest BCUT2D eigenvalue weighted by Crippen LogP contribution is -2.41. The molecule has 1 unspecified atom stereocenters. The number of ether oxygens (including phenoxy) is 1. The molecule has 0 aliphatic carbocycles. The van der Waals surface area contributed by atoms with E-state index in [1.54, 1.807) is 32.1 Å². The van der Waals surface area contributed by atoms with Crippen LogP contribution in [-0.2, 0) is 16.0 Å². The molecule has 1 rings (SSSR count). The van der Waals surface area contributed by atoms with E-state index < -0.39 is 17.7 Å². The average molecular weight is 255 g/mol. The molecule has 0 bridgehead atoms. The first-order valence-electron chi connectivity index (χ1n) is 5.38. The van der Waals surface area contributed by atoms with Gasteiger partial charge >= 0.3 is 6.09 Å². The van der Waals surface area contributed by atoms with E-state index >= 15 is 0 Å². The molecule has 1 N–H and O–H groups in total. The predicted molar refractivity (Wildman–Crippen MR) is 67.2 cm³/mol. The topological polar surface area (TPSA) is 55.4 Å². The van der Waals surface area contributed by atoms with Crippen molar-refractivity contribution in [3.63, 3.8) is 0 Å². The van der Waals surface area contributed by atoms with E-state index in [1.165, 1.54) is 0 Å². The van der Waals surface area contributed by atoms with Crippen LogP contribution in [0.4, 0.5) is 4.79 Å². The van der Waals surface area contributed by atoms with E-state index in [1.807, 2.05) is 17.5 Å². The van der Waals surface area contributed by atoms with Crippen LogP contribution in [0.15, 0.2) is 17.5 Å². The monoisotopic (exact) mass is 255 g/mol. The van der Waals surface area contributed by atoms with Crippen molar-refractivity contribution < 1.29 is 14.3 Å². The first kappa shape index (κ1) is 13.7. The third kappa shape index (κ3) is 5.49. The summed E-state index contributed by atoms with van der Waals surface area (Å²) in [7, 11) is 0. The molecule has 1 atom stereocenters. The molecule has 0 saturated heterocycles. The van der Waals surface area contributed by atoms with E-state index in [2.05, 4.69) is 5.32 Å². The number of nitrogens with one attached hydrogen (secondary N) is 1. The van der Waals surface area contributed by atoms with Gasteiger partial charge in [-0.15, -0.1) is 11.3 Å². The Hall–Kier alpha value is -1.36. The Labute approximate surface area is 105 Å². The highest BCUT2D eigenvalue weighted by Gasteiger charge is 2.19. The summed E-state index contributed by atoms with van der Waals surface area (Å²) in [4.78, 5) is 23.4. The molecule has 0 aliphatic heterocycles. The number of thiophene rings is 1. The van der Waals surface area contributed by atoms with Crippen molar-refractivity contribution in [1.29, 1.82) is 0 Å². The molecule has 5 heteroatoms. The zero-order valence-electron chi connectivity index (χ0n) is 10.2. The van der Waals surface area contributed by atoms with Crippen LogP contribution in [0, 0.1) is 0 Å². The van der Waals surface area contributed by atoms with Gasteiger partial charge in [0.2, 0.25) is 0 Å². The van der Waals surface area contributed by atoms with Gasteiger partial charge in [0.25, 0.3) is 0 Å². The molecule has 0 spiro atoms. The molecule has 17 heavy (non-hydrogen) atoms. The summed E-state index contributed by atoms with van der Waals surface area (Å²) in [6.07, 6.45) is 0.662. The molecule has 1 aromatic rings. The second-order valence-corrected chi connectivity index (χ2v) is 5.70. The van der Waals surface area contributed by atoms with Crippen LogP contribution in [0.1, 0.15) is 25.6 Å². The zero-order valence-corrected chi connectivity index (χ0v) is 11.0. The SMILES string of the molecule is CC(C)(C)OC(=O)NC(C=O)Cc1cccs1. The van der Waals surface area contributed by atoms with Crippen molar-refractivity contribution in [3.8, 4) is 0 Å². The van der Waals surface area contributed by atoms with Crippen molar-refractivity contribution >= 4 is 23.7 Å². The van der Waals surface area contributed by atoms with Crippen LogP contribution in [0.2, 0.25) is 0 Å². The summed E-state index contributed by atoms with van der Waals surface area (Å²) in [6.45, 7) is 5.34. The predicted octanol–water partition coefficient (Wildman–Crippen LogP) is 2.38. The zero-order chi connectivity index (χ0) is 12.9. The number of carbonyl (C=O) groups excluding carboxylic acids is 2. The molecule has 94 valence electrons. The highest BCUT2D eigenvalue weighted by Crippen LogP contribution is 2.11. The third-order valence-electron chi connectivity index (χ3n) is 1.87. The lowest BCUT2D eigenvalue weighted by atomic mass is 10.2. The van der Waals surface area contributed by atoms with Crippen molar-refractivity contribution in [2.24, 2.45) is 0 Å². The Morgan fingerprint density at radius 2 is 2.29 bits per heavy atom. The number of rotatable bonds is 4. The van der Waals surface area contributed by atoms with E-state index in [0.717, 1.165) is 11.2 Å². The minimum absolute atomic E-state index is 0.500. The molecule has 4 nitrogen and oxygen atoms in total. The quantitative estimate of drug-likeness (QED) is 0.840. The summed E-state index contributed by atoms with van der Waals surface area (Å²) in [6, 6.07) is 3.30. The molecule has 1 aromatic heterocycles. The summed E-state index contributed by atoms with van der Waals surface area (Å²) >= 11 is 1.56. The van der Waals surface area contributed by atoms with Gasteiger partial charge in [-0.25, -0.2) is 4.79 Å². The first-order valence-corrected chi connectivity index (χ1v) is 6.26. The van der Waals surface area contributed by atoms with Crippen LogP contribution in [0.3, 0.4) is 0 Å². The summed E-state index contributed by atoms with van der Waals surface area (Å²) in [5, 5.41) is 4.47. The van der Waals surface area contributed by atoms with Crippen LogP contribution < -0.4 is 5.32 Å². The number of carbonyl (C=O) groups is 2. The van der Waals surface area contributed by atoms with Crippen LogP contribution >= 0.6 is 11.3 Å². The van der Waals surface area contributed by atoms with Crippen molar-refractivity contribution in [2.75, 3.05) is 0 Å². The number of hydrogen-bond acceptors (Lipinski definition) is 4. The number of alkyl carbamates (subject to hydrolysis) is 1. The molecule has 0 radical (unpaired) electrons. The van der Waals surface area contributed by atoms with Gasteiger partial charge in [-0.2, -0.15) is 0 Å². The Kier molecular flexibility index (Phi) is 4.69. The largest absolute Gasteiger partial charge is 0.444 e. The maximum Gasteiger partial charge on any atom is 0.408 e. The Bertz CT molecular complexity index is 368. The van der Waals surface area contributed by atoms with E-state index in [9.17, 15) is 9.59 Å². The van der Waals surface area contributed by atoms with Crippen LogP contribution in [-0.4, -0.2) is 24.0 Å². The third-order valence-corrected chi connectivity index (χ3v) is 2.77. The molecule has 0 aliphatic rings. The maximum absolute atomic E-state index is 11.5. The fourth-order valence-electron chi connectivity index (χ4n) is 1.24. The maximum atomic E-state index is 11.5. The first-order chi connectivity index (χ1) is 7.90. The van der Waals surface area contributed by atoms with E-state index in [-0.39, 0.29) is 0 Å². The summed E-state index contributed by atoms with van der Waals surface area (Å²) in [5.74, 6) is 0. The minimum Gasteiger partial charge on any atom is -0.444 e. The van der Waals surface area contributed by atoms with Crippen LogP contribution in [0.5, 0.6) is 0 Å². The normalized spacial score (nSPS) is 12.9. The average Bonchev–Trinajstić information content (AvgIpc) is 2.66. The molecule has 1 heterocycles. The number of hydrogen-bond donors (Lipinski definition) is 1. The van der Waals surface area contributed by atoms with Gasteiger partial charge < -0.3 is 14.8 Å². The van der Waals surface area contributed by atoms with E-state index in [0.29, 0.717) is 6.42 Å². The van der Waals surface area contributed by atoms with Gasteiger partial charge in [0.05, 0.1) is 6.04 Å². The number of amides is 1. The van der Waals surface area contributed by atoms with Gasteiger partial charge in [-0.05, 0) is 32.2 Å². The molecule has 0 saturated carbocycles. The molecule has 0 aromatic carbocycles. The van der Waals surface area contributed by atoms with Gasteiger partial charge in [0.15, 0.2) is 0 Å². The Balaban J connectivity index is 2.47. The molecule has 0 fully saturated rings. The standard InChI is InChI=1S/C12H17NO3S/c1-12(2,3)16-11(15)13-9(8-14)7-10-5-4-6-17-10/h4-6,8-9H,7H2,1-3H3,(H,13,15). The minimum atomic E-state index is -0.564. The Morgan fingerprint density at radius 3 is 2.76 bits per heavy atom. The van der Waals surface area contributed by atoms with Gasteiger partial charge in [0, 0.05) is 11.3 Å². The van der Waals surface area contributed by atoms with E-state index in [4.69, 9.17) is 4.74 Å². The molecular formula is C12H17NO3S. The van der Waals surface area contributed by atoms with Gasteiger partial charge in [0.1, 0.15) is 11.9 Å². The fourth-order valence-corrected chi connectivity index (χ4v) is 2.00. The molecule has 1 amide bonds. The van der Waals surface area contributed by atoms with Crippen molar-refractivity contribution in [1.82, 2.24) is 5.32 Å².